The van der Waals surface area contributed by atoms with Crippen LogP contribution in [0, 0.1) is 0 Å². The van der Waals surface area contributed by atoms with Crippen LogP contribution in [0.1, 0.15) is 29.0 Å². The average molecular weight is 307 g/mol. The Morgan fingerprint density at radius 3 is 3.05 bits per heavy atom. The van der Waals surface area contributed by atoms with Gasteiger partial charge in [0.2, 0.25) is 0 Å². The summed E-state index contributed by atoms with van der Waals surface area (Å²) >= 11 is 8.27. The molecule has 0 bridgehead atoms. The first-order valence-corrected chi connectivity index (χ1v) is 8.23. The summed E-state index contributed by atoms with van der Waals surface area (Å²) in [6.07, 6.45) is 1.13. The minimum absolute atomic E-state index is 0.416. The number of hydrogen-bond donors (Lipinski definition) is 1. The van der Waals surface area contributed by atoms with Gasteiger partial charge in [-0.15, -0.1) is 11.3 Å². The van der Waals surface area contributed by atoms with E-state index in [4.69, 9.17) is 11.6 Å². The molecule has 1 N–H and O–H groups in total. The third kappa shape index (κ3) is 2.34. The molecule has 106 valence electrons. The smallest absolute Gasteiger partial charge is 0.0525 e. The normalized spacial score (nSPS) is 18.1. The summed E-state index contributed by atoms with van der Waals surface area (Å²) in [5.74, 6) is 0. The molecule has 4 heteroatoms. The van der Waals surface area contributed by atoms with Crippen molar-refractivity contribution in [3.05, 3.63) is 50.7 Å². The lowest BCUT2D eigenvalue weighted by Gasteiger charge is -2.37. The molecule has 1 aliphatic rings. The Morgan fingerprint density at radius 2 is 2.25 bits per heavy atom. The Kier molecular flexibility index (Phi) is 4.01. The third-order valence-electron chi connectivity index (χ3n) is 4.03. The fourth-order valence-electron chi connectivity index (χ4n) is 3.01. The second-order valence-electron chi connectivity index (χ2n) is 5.19. The van der Waals surface area contributed by atoms with Crippen LogP contribution in [0.25, 0.3) is 0 Å². The largest absolute Gasteiger partial charge is 0.364 e. The van der Waals surface area contributed by atoms with Crippen molar-refractivity contribution in [2.24, 2.45) is 0 Å². The minimum atomic E-state index is 0.416. The summed E-state index contributed by atoms with van der Waals surface area (Å²) in [5.41, 5.74) is 3.93. The van der Waals surface area contributed by atoms with Gasteiger partial charge in [-0.25, -0.2) is 0 Å². The van der Waals surface area contributed by atoms with Crippen molar-refractivity contribution in [2.75, 3.05) is 18.5 Å². The number of thiophene rings is 1. The molecule has 0 aliphatic carbocycles. The number of anilines is 1. The van der Waals surface area contributed by atoms with Crippen LogP contribution in [-0.4, -0.2) is 13.6 Å². The Hall–Kier alpha value is -1.03. The first-order chi connectivity index (χ1) is 9.72. The first kappa shape index (κ1) is 13.9. The van der Waals surface area contributed by atoms with Gasteiger partial charge in [0, 0.05) is 34.2 Å². The monoisotopic (exact) mass is 306 g/mol. The highest BCUT2D eigenvalue weighted by Gasteiger charge is 2.26. The van der Waals surface area contributed by atoms with Crippen LogP contribution in [0.2, 0.25) is 5.02 Å². The van der Waals surface area contributed by atoms with Gasteiger partial charge in [-0.3, -0.25) is 0 Å². The predicted octanol–water partition coefficient (Wildman–Crippen LogP) is 4.24. The lowest BCUT2D eigenvalue weighted by Crippen LogP contribution is -2.34. The molecule has 2 aromatic rings. The van der Waals surface area contributed by atoms with E-state index in [9.17, 15) is 0 Å². The highest BCUT2D eigenvalue weighted by molar-refractivity contribution is 7.10. The standard InChI is InChI=1S/C16H19ClN2S/c1-11-12-7-9-20-16(12)6-8-19(11)15-5-3-4-14(17)13(15)10-18-2/h3-5,7,9,11,18H,6,8,10H2,1-2H3. The Balaban J connectivity index is 2.00. The number of nitrogens with zero attached hydrogens (tertiary/aromatic N) is 1. The third-order valence-corrected chi connectivity index (χ3v) is 5.38. The predicted molar refractivity (Wildman–Crippen MR) is 88.0 cm³/mol. The topological polar surface area (TPSA) is 15.3 Å². The fourth-order valence-corrected chi connectivity index (χ4v) is 4.21. The van der Waals surface area contributed by atoms with Gasteiger partial charge in [-0.2, -0.15) is 0 Å². The molecule has 0 saturated heterocycles. The van der Waals surface area contributed by atoms with Crippen LogP contribution in [0.15, 0.2) is 29.6 Å². The van der Waals surface area contributed by atoms with Crippen LogP contribution in [0.3, 0.4) is 0 Å². The number of hydrogen-bond acceptors (Lipinski definition) is 3. The van der Waals surface area contributed by atoms with E-state index in [0.717, 1.165) is 24.5 Å². The molecule has 2 nitrogen and oxygen atoms in total. The summed E-state index contributed by atoms with van der Waals surface area (Å²) in [6.45, 7) is 4.15. The molecule has 1 aromatic heterocycles. The number of benzene rings is 1. The zero-order valence-electron chi connectivity index (χ0n) is 11.8. The molecule has 1 aromatic carbocycles. The lowest BCUT2D eigenvalue weighted by atomic mass is 9.99. The minimum Gasteiger partial charge on any atom is -0.364 e. The van der Waals surface area contributed by atoms with E-state index < -0.39 is 0 Å². The van der Waals surface area contributed by atoms with Crippen molar-refractivity contribution in [1.82, 2.24) is 5.32 Å². The van der Waals surface area contributed by atoms with Crippen molar-refractivity contribution >= 4 is 28.6 Å². The van der Waals surface area contributed by atoms with E-state index in [0.29, 0.717) is 6.04 Å². The van der Waals surface area contributed by atoms with Crippen LogP contribution >= 0.6 is 22.9 Å². The number of fused-ring (bicyclic) bond motifs is 1. The average Bonchev–Trinajstić information content (AvgIpc) is 2.91. The quantitative estimate of drug-likeness (QED) is 0.912. The van der Waals surface area contributed by atoms with Crippen molar-refractivity contribution in [3.63, 3.8) is 0 Å². The summed E-state index contributed by atoms with van der Waals surface area (Å²) < 4.78 is 0. The summed E-state index contributed by atoms with van der Waals surface area (Å²) in [6, 6.07) is 8.89. The summed E-state index contributed by atoms with van der Waals surface area (Å²) in [5, 5.41) is 6.28. The molecule has 1 unspecified atom stereocenters. The summed E-state index contributed by atoms with van der Waals surface area (Å²) in [7, 11) is 1.96. The van der Waals surface area contributed by atoms with E-state index in [1.54, 1.807) is 0 Å². The van der Waals surface area contributed by atoms with Crippen LogP contribution < -0.4 is 10.2 Å². The maximum atomic E-state index is 6.39. The second-order valence-corrected chi connectivity index (χ2v) is 6.59. The zero-order valence-corrected chi connectivity index (χ0v) is 13.4. The Bertz CT molecular complexity index is 608. The zero-order chi connectivity index (χ0) is 14.1. The molecule has 0 fully saturated rings. The van der Waals surface area contributed by atoms with E-state index >= 15 is 0 Å². The molecular weight excluding hydrogens is 288 g/mol. The van der Waals surface area contributed by atoms with E-state index in [1.165, 1.54) is 21.7 Å². The van der Waals surface area contributed by atoms with Crippen LogP contribution in [0.5, 0.6) is 0 Å². The van der Waals surface area contributed by atoms with Crippen molar-refractivity contribution < 1.29 is 0 Å². The molecule has 2 heterocycles. The maximum absolute atomic E-state index is 6.39. The van der Waals surface area contributed by atoms with E-state index in [1.807, 2.05) is 30.5 Å². The molecule has 3 rings (SSSR count). The molecule has 0 amide bonds. The maximum Gasteiger partial charge on any atom is 0.0525 e. The number of rotatable bonds is 3. The first-order valence-electron chi connectivity index (χ1n) is 6.97. The Morgan fingerprint density at radius 1 is 1.40 bits per heavy atom. The second kappa shape index (κ2) is 5.76. The molecule has 1 atom stereocenters. The molecule has 0 saturated carbocycles. The summed E-state index contributed by atoms with van der Waals surface area (Å²) in [4.78, 5) is 4.01. The van der Waals surface area contributed by atoms with Crippen LogP contribution in [-0.2, 0) is 13.0 Å². The van der Waals surface area contributed by atoms with E-state index in [2.05, 4.69) is 34.7 Å². The van der Waals surface area contributed by atoms with Gasteiger partial charge in [-0.1, -0.05) is 17.7 Å². The van der Waals surface area contributed by atoms with Crippen molar-refractivity contribution in [2.45, 2.75) is 25.9 Å². The van der Waals surface area contributed by atoms with Gasteiger partial charge in [0.1, 0.15) is 0 Å². The molecular formula is C16H19ClN2S. The SMILES string of the molecule is CNCc1c(Cl)cccc1N1CCc2sccc2C1C. The number of nitrogens with one attached hydrogen (secondary N) is 1. The van der Waals surface area contributed by atoms with Crippen LogP contribution in [0.4, 0.5) is 5.69 Å². The van der Waals surface area contributed by atoms with E-state index in [-0.39, 0.29) is 0 Å². The van der Waals surface area contributed by atoms with Crippen molar-refractivity contribution in [3.8, 4) is 0 Å². The molecule has 0 radical (unpaired) electrons. The van der Waals surface area contributed by atoms with Gasteiger partial charge < -0.3 is 10.2 Å². The van der Waals surface area contributed by atoms with Gasteiger partial charge in [0.25, 0.3) is 0 Å². The molecule has 0 spiro atoms. The lowest BCUT2D eigenvalue weighted by molar-refractivity contribution is 0.628. The van der Waals surface area contributed by atoms with Gasteiger partial charge >= 0.3 is 0 Å². The molecule has 20 heavy (non-hydrogen) atoms. The number of halogens is 1. The fraction of sp³-hybridized carbons (Fsp3) is 0.375. The van der Waals surface area contributed by atoms with Crippen molar-refractivity contribution in [1.29, 1.82) is 0 Å². The van der Waals surface area contributed by atoms with Gasteiger partial charge in [-0.05, 0) is 49.5 Å². The Labute approximate surface area is 129 Å². The highest BCUT2D eigenvalue weighted by Crippen LogP contribution is 2.38. The molecule has 1 aliphatic heterocycles. The van der Waals surface area contributed by atoms with Gasteiger partial charge in [0.15, 0.2) is 0 Å². The van der Waals surface area contributed by atoms with Gasteiger partial charge in [0.05, 0.1) is 6.04 Å². The highest BCUT2D eigenvalue weighted by atomic mass is 35.5.